The molecule has 2 aliphatic carbocycles. The summed E-state index contributed by atoms with van der Waals surface area (Å²) in [6.45, 7) is 12.6. The van der Waals surface area contributed by atoms with Crippen molar-refractivity contribution in [3.8, 4) is 0 Å². The highest BCUT2D eigenvalue weighted by molar-refractivity contribution is 8.00. The lowest BCUT2D eigenvalue weighted by atomic mass is 9.95. The summed E-state index contributed by atoms with van der Waals surface area (Å²) in [5.41, 5.74) is 9.84. The van der Waals surface area contributed by atoms with Crippen LogP contribution < -0.4 is 11.1 Å². The first-order valence-corrected chi connectivity index (χ1v) is 20.7. The van der Waals surface area contributed by atoms with E-state index in [0.717, 1.165) is 32.0 Å². The Morgan fingerprint density at radius 2 is 1.02 bits per heavy atom. The molecule has 0 fully saturated rings. The first-order chi connectivity index (χ1) is 26.2. The zero-order valence-corrected chi connectivity index (χ0v) is 34.7. The number of halogens is 1. The highest BCUT2D eigenvalue weighted by Gasteiger charge is 2.47. The van der Waals surface area contributed by atoms with Crippen LogP contribution in [-0.2, 0) is 44.7 Å². The van der Waals surface area contributed by atoms with E-state index >= 15 is 0 Å². The number of hydrogen-bond acceptors (Lipinski definition) is 9. The Morgan fingerprint density at radius 1 is 0.636 bits per heavy atom. The Kier molecular flexibility index (Phi) is 16.0. The first-order valence-electron chi connectivity index (χ1n) is 18.5. The first kappa shape index (κ1) is 43.6. The number of amides is 1. The van der Waals surface area contributed by atoms with Gasteiger partial charge in [-0.05, 0) is 72.0 Å². The van der Waals surface area contributed by atoms with Crippen LogP contribution in [0.1, 0.15) is 84.5 Å². The van der Waals surface area contributed by atoms with E-state index in [9.17, 15) is 19.2 Å². The molecular weight excluding hydrogens is 752 g/mol. The van der Waals surface area contributed by atoms with Crippen molar-refractivity contribution < 1.29 is 28.7 Å². The fourth-order valence-electron chi connectivity index (χ4n) is 6.51. The highest BCUT2D eigenvalue weighted by atomic mass is 35.5. The molecular formula is C44H51ClN2O6S2. The molecule has 0 aromatic heterocycles. The van der Waals surface area contributed by atoms with Crippen LogP contribution in [-0.4, -0.2) is 57.9 Å². The summed E-state index contributed by atoms with van der Waals surface area (Å²) in [6.07, 6.45) is 2.07. The normalized spacial score (nSPS) is 14.4. The van der Waals surface area contributed by atoms with Crippen LogP contribution in [0.15, 0.2) is 107 Å². The van der Waals surface area contributed by atoms with Crippen molar-refractivity contribution in [2.45, 2.75) is 98.6 Å². The molecule has 3 N–H and O–H groups in total. The van der Waals surface area contributed by atoms with Crippen molar-refractivity contribution in [1.29, 1.82) is 0 Å². The zero-order valence-electron chi connectivity index (χ0n) is 32.4. The lowest BCUT2D eigenvalue weighted by Crippen LogP contribution is -2.56. The molecule has 0 atom stereocenters. The van der Waals surface area contributed by atoms with Gasteiger partial charge in [-0.1, -0.05) is 100 Å². The Morgan fingerprint density at radius 3 is 1.45 bits per heavy atom. The minimum absolute atomic E-state index is 0.236. The molecule has 0 saturated carbocycles. The van der Waals surface area contributed by atoms with Crippen LogP contribution >= 0.6 is 35.1 Å². The van der Waals surface area contributed by atoms with Crippen LogP contribution in [0, 0.1) is 0 Å². The van der Waals surface area contributed by atoms with Gasteiger partial charge < -0.3 is 20.5 Å². The summed E-state index contributed by atoms with van der Waals surface area (Å²) >= 11 is 8.73. The molecule has 0 saturated heterocycles. The van der Waals surface area contributed by atoms with Gasteiger partial charge in [0.15, 0.2) is 0 Å². The molecule has 0 spiro atoms. The van der Waals surface area contributed by atoms with E-state index in [1.807, 2.05) is 84.9 Å². The molecule has 55 heavy (non-hydrogen) atoms. The van der Waals surface area contributed by atoms with Crippen LogP contribution in [0.5, 0.6) is 0 Å². The van der Waals surface area contributed by atoms with Gasteiger partial charge in [0.2, 0.25) is 0 Å². The van der Waals surface area contributed by atoms with Crippen LogP contribution in [0.25, 0.3) is 0 Å². The number of thioether (sulfide) groups is 2. The maximum absolute atomic E-state index is 13.1. The predicted octanol–water partition coefficient (Wildman–Crippen LogP) is 8.63. The predicted molar refractivity (Wildman–Crippen MR) is 223 cm³/mol. The van der Waals surface area contributed by atoms with Gasteiger partial charge >= 0.3 is 11.9 Å². The molecule has 2 aliphatic rings. The summed E-state index contributed by atoms with van der Waals surface area (Å²) in [4.78, 5) is 50.5. The van der Waals surface area contributed by atoms with Crippen molar-refractivity contribution in [2.75, 3.05) is 13.2 Å². The molecule has 11 heteroatoms. The second-order valence-electron chi connectivity index (χ2n) is 14.0. The van der Waals surface area contributed by atoms with Crippen molar-refractivity contribution in [3.63, 3.8) is 0 Å². The average molecular weight is 803 g/mol. The lowest BCUT2D eigenvalue weighted by molar-refractivity contribution is -0.150. The topological polar surface area (TPSA) is 125 Å². The van der Waals surface area contributed by atoms with E-state index < -0.39 is 11.1 Å². The number of nitrogens with two attached hydrogens (primary N) is 1. The van der Waals surface area contributed by atoms with Gasteiger partial charge in [0.1, 0.15) is 11.1 Å². The summed E-state index contributed by atoms with van der Waals surface area (Å²) in [6, 6.07) is 30.8. The highest BCUT2D eigenvalue weighted by Crippen LogP contribution is 2.33. The monoisotopic (exact) mass is 802 g/mol. The van der Waals surface area contributed by atoms with Crippen LogP contribution in [0.2, 0.25) is 0 Å². The van der Waals surface area contributed by atoms with E-state index in [0.29, 0.717) is 53.9 Å². The number of carbonyl (C=O) groups excluding carboxylic acids is 4. The van der Waals surface area contributed by atoms with E-state index in [2.05, 4.69) is 33.0 Å². The summed E-state index contributed by atoms with van der Waals surface area (Å²) in [5, 5.41) is 3.45. The molecule has 8 nitrogen and oxygen atoms in total. The largest absolute Gasteiger partial charge is 0.465 e. The summed E-state index contributed by atoms with van der Waals surface area (Å²) in [5.74, 6) is -0.899. The van der Waals surface area contributed by atoms with Gasteiger partial charge in [-0.2, -0.15) is 0 Å². The number of ether oxygens (including phenoxy) is 2. The van der Waals surface area contributed by atoms with Crippen molar-refractivity contribution >= 4 is 58.2 Å². The third kappa shape index (κ3) is 11.7. The maximum Gasteiger partial charge on any atom is 0.332 e. The molecule has 6 rings (SSSR count). The lowest BCUT2D eigenvalue weighted by Gasteiger charge is -2.28. The van der Waals surface area contributed by atoms with Crippen molar-refractivity contribution in [1.82, 2.24) is 5.32 Å². The maximum atomic E-state index is 13.1. The third-order valence-electron chi connectivity index (χ3n) is 8.89. The Bertz CT molecular complexity index is 1920. The molecule has 4 aromatic carbocycles. The molecule has 0 radical (unpaired) electrons. The molecule has 0 unspecified atom stereocenters. The Labute approximate surface area is 338 Å². The molecule has 0 bridgehead atoms. The number of nitrogens with one attached hydrogen (secondary N) is 1. The van der Waals surface area contributed by atoms with Gasteiger partial charge in [-0.3, -0.25) is 14.4 Å². The molecule has 1 amide bonds. The average Bonchev–Trinajstić information content (AvgIpc) is 3.70. The number of hydrogen-bond donors (Lipinski definition) is 2. The van der Waals surface area contributed by atoms with E-state index in [4.69, 9.17) is 26.8 Å². The second kappa shape index (κ2) is 20.2. The van der Waals surface area contributed by atoms with Gasteiger partial charge in [0.05, 0.1) is 18.8 Å². The van der Waals surface area contributed by atoms with Crippen LogP contribution in [0.3, 0.4) is 0 Å². The van der Waals surface area contributed by atoms with Crippen molar-refractivity contribution in [2.24, 2.45) is 5.73 Å². The summed E-state index contributed by atoms with van der Waals surface area (Å²) < 4.78 is 10.3. The van der Waals surface area contributed by atoms with E-state index in [-0.39, 0.29) is 29.7 Å². The smallest absolute Gasteiger partial charge is 0.332 e. The quantitative estimate of drug-likeness (QED) is 0.0872. The third-order valence-corrected chi connectivity index (χ3v) is 11.3. The van der Waals surface area contributed by atoms with Gasteiger partial charge in [-0.15, -0.1) is 23.5 Å². The molecule has 0 aliphatic heterocycles. The Hall–Kier alpha value is -4.09. The van der Waals surface area contributed by atoms with E-state index in [1.54, 1.807) is 49.5 Å². The van der Waals surface area contributed by atoms with Crippen LogP contribution in [0.4, 0.5) is 0 Å². The van der Waals surface area contributed by atoms with Gasteiger partial charge in [-0.25, -0.2) is 4.79 Å². The zero-order chi connectivity index (χ0) is 40.2. The fraction of sp³-hybridized carbons (Fsp3) is 0.364. The number of benzene rings is 4. The Balaban J connectivity index is 0.000000202. The SMILES string of the molecule is CC(C)Sc1ccccc1C(=O)Cl.CCOC(=O)C1(N)Cc2ccccc2C1.CCOC(=O)C1(NC(=O)c2ccccc2SC(C)C)Cc2ccccc2C1. The van der Waals surface area contributed by atoms with Gasteiger partial charge in [0, 0.05) is 51.5 Å². The van der Waals surface area contributed by atoms with E-state index in [1.165, 1.54) is 0 Å². The molecule has 4 aromatic rings. The fourth-order valence-corrected chi connectivity index (χ4v) is 8.64. The molecule has 292 valence electrons. The van der Waals surface area contributed by atoms with Gasteiger partial charge in [0.25, 0.3) is 11.1 Å². The summed E-state index contributed by atoms with van der Waals surface area (Å²) in [7, 11) is 0. The van der Waals surface area contributed by atoms with Crippen molar-refractivity contribution in [3.05, 3.63) is 130 Å². The number of rotatable bonds is 11. The molecule has 0 heterocycles. The second-order valence-corrected chi connectivity index (χ2v) is 17.6. The minimum Gasteiger partial charge on any atom is -0.465 e. The number of fused-ring (bicyclic) bond motifs is 2. The minimum atomic E-state index is -1.05. The standard InChI is InChI=1S/C22H25NO3S.C12H15NO2.C10H11ClOS/c1-4-26-21(25)22(13-16-9-5-6-10-17(16)14-22)23-20(24)18-11-7-8-12-19(18)27-15(2)3;1-2-15-11(14)12(13)7-9-5-3-4-6-10(9)8-12;1-7(2)13-9-6-4-3-5-8(9)10(11)12/h5-12,15H,4,13-14H2,1-3H3,(H,23,24);3-6H,2,7-8,13H2,1H3;3-7H,1-2H3. The number of carbonyl (C=O) groups is 4. The number of esters is 2.